The third kappa shape index (κ3) is 11.3. The molecule has 1 saturated heterocycles. The first-order valence-electron chi connectivity index (χ1n) is 18.0. The van der Waals surface area contributed by atoms with Gasteiger partial charge in [-0.25, -0.2) is 4.79 Å². The average molecular weight is 718 g/mol. The van der Waals surface area contributed by atoms with Gasteiger partial charge in [-0.1, -0.05) is 13.8 Å². The molecule has 0 unspecified atom stereocenters. The standard InChI is InChI=1S/C40H55N5O7/c1-8-29(9-2)41-39(49)42-30-12-19-35(36(26-30)50-7)52-33-17-13-31(14-18-33)45(25-24-43(5)6)37(46)28-10-15-32(16-11-28)51-34-20-22-44(23-21-34)27-40(3,4)38(47)48/h10-19,26,29,34H,8-9,20-25,27H2,1-7H3,(H,47,48)(H2,41,42,49). The van der Waals surface area contributed by atoms with E-state index in [-0.39, 0.29) is 24.1 Å². The number of piperidine rings is 1. The zero-order valence-corrected chi connectivity index (χ0v) is 31.6. The van der Waals surface area contributed by atoms with E-state index in [0.29, 0.717) is 53.9 Å². The van der Waals surface area contributed by atoms with Crippen molar-refractivity contribution in [2.45, 2.75) is 65.5 Å². The number of anilines is 2. The number of likely N-dealkylation sites (tertiary alicyclic amines) is 1. The predicted molar refractivity (Wildman–Crippen MR) is 204 cm³/mol. The topological polar surface area (TPSA) is 133 Å². The monoisotopic (exact) mass is 717 g/mol. The number of hydrogen-bond acceptors (Lipinski definition) is 8. The van der Waals surface area contributed by atoms with Gasteiger partial charge in [0.2, 0.25) is 0 Å². The van der Waals surface area contributed by atoms with E-state index in [1.807, 2.05) is 69.2 Å². The summed E-state index contributed by atoms with van der Waals surface area (Å²) in [5, 5.41) is 15.3. The van der Waals surface area contributed by atoms with Crippen LogP contribution in [-0.2, 0) is 4.79 Å². The summed E-state index contributed by atoms with van der Waals surface area (Å²) in [6, 6.07) is 19.6. The summed E-state index contributed by atoms with van der Waals surface area (Å²) in [4.78, 5) is 43.8. The van der Waals surface area contributed by atoms with Gasteiger partial charge in [0, 0.05) is 61.8 Å². The number of hydrogen-bond donors (Lipinski definition) is 3. The number of aliphatic carboxylic acids is 1. The Bertz CT molecular complexity index is 1620. The van der Waals surface area contributed by atoms with Crippen LogP contribution in [0.1, 0.15) is 63.7 Å². The lowest BCUT2D eigenvalue weighted by Crippen LogP contribution is -2.45. The molecule has 0 radical (unpaired) electrons. The Morgan fingerprint density at radius 1 is 0.904 bits per heavy atom. The molecule has 3 N–H and O–H groups in total. The molecule has 1 heterocycles. The number of likely N-dealkylation sites (N-methyl/N-ethyl adjacent to an activating group) is 1. The molecule has 3 amide bonds. The van der Waals surface area contributed by atoms with Crippen LogP contribution in [0.2, 0.25) is 0 Å². The second-order valence-corrected chi connectivity index (χ2v) is 14.1. The molecule has 3 aromatic carbocycles. The summed E-state index contributed by atoms with van der Waals surface area (Å²) in [7, 11) is 5.48. The third-order valence-electron chi connectivity index (χ3n) is 9.27. The molecular weight excluding hydrogens is 662 g/mol. The number of methoxy groups -OCH3 is 1. The van der Waals surface area contributed by atoms with Crippen LogP contribution in [0.15, 0.2) is 66.7 Å². The maximum absolute atomic E-state index is 13.9. The quantitative estimate of drug-likeness (QED) is 0.136. The van der Waals surface area contributed by atoms with Crippen LogP contribution in [0.4, 0.5) is 16.2 Å². The van der Waals surface area contributed by atoms with Gasteiger partial charge in [0.1, 0.15) is 17.6 Å². The molecular formula is C40H55N5O7. The molecule has 52 heavy (non-hydrogen) atoms. The molecule has 1 fully saturated rings. The van der Waals surface area contributed by atoms with Crippen molar-refractivity contribution < 1.29 is 33.7 Å². The maximum atomic E-state index is 13.9. The lowest BCUT2D eigenvalue weighted by Gasteiger charge is -2.35. The van der Waals surface area contributed by atoms with Crippen molar-refractivity contribution in [2.75, 3.05) is 64.1 Å². The summed E-state index contributed by atoms with van der Waals surface area (Å²) in [5.74, 6) is 1.29. The zero-order valence-electron chi connectivity index (χ0n) is 31.6. The fourth-order valence-corrected chi connectivity index (χ4v) is 5.98. The second kappa shape index (κ2) is 18.6. The highest BCUT2D eigenvalue weighted by Crippen LogP contribution is 2.35. The Morgan fingerprint density at radius 3 is 2.12 bits per heavy atom. The van der Waals surface area contributed by atoms with Crippen LogP contribution < -0.4 is 29.7 Å². The van der Waals surface area contributed by atoms with E-state index in [2.05, 4.69) is 15.5 Å². The van der Waals surface area contributed by atoms with E-state index in [1.54, 1.807) is 56.2 Å². The van der Waals surface area contributed by atoms with Crippen LogP contribution in [0.5, 0.6) is 23.0 Å². The van der Waals surface area contributed by atoms with Crippen LogP contribution in [0.3, 0.4) is 0 Å². The van der Waals surface area contributed by atoms with E-state index in [9.17, 15) is 19.5 Å². The SMILES string of the molecule is CCC(CC)NC(=O)Nc1ccc(Oc2ccc(N(CCN(C)C)C(=O)c3ccc(OC4CCN(CC(C)(C)C(=O)O)CC4)cc3)cc2)c(OC)c1. The zero-order chi connectivity index (χ0) is 37.8. The number of carbonyl (C=O) groups excluding carboxylic acids is 2. The molecule has 12 heteroatoms. The highest BCUT2D eigenvalue weighted by Gasteiger charge is 2.32. The number of carboxylic acid groups (broad SMARTS) is 1. The Kier molecular flexibility index (Phi) is 14.3. The van der Waals surface area contributed by atoms with E-state index in [1.165, 1.54) is 0 Å². The first kappa shape index (κ1) is 40.0. The number of carboxylic acids is 1. The van der Waals surface area contributed by atoms with Gasteiger partial charge in [-0.05, 0) is 114 Å². The first-order chi connectivity index (χ1) is 24.8. The Hall–Kier alpha value is -4.81. The van der Waals surface area contributed by atoms with E-state index in [4.69, 9.17) is 14.2 Å². The molecule has 0 spiro atoms. The third-order valence-corrected chi connectivity index (χ3v) is 9.27. The first-order valence-corrected chi connectivity index (χ1v) is 18.0. The molecule has 4 rings (SSSR count). The second-order valence-electron chi connectivity index (χ2n) is 14.1. The van der Waals surface area contributed by atoms with Gasteiger partial charge in [-0.3, -0.25) is 9.59 Å². The van der Waals surface area contributed by atoms with Gasteiger partial charge in [0.05, 0.1) is 12.5 Å². The van der Waals surface area contributed by atoms with Crippen molar-refractivity contribution in [2.24, 2.45) is 5.41 Å². The van der Waals surface area contributed by atoms with E-state index < -0.39 is 11.4 Å². The van der Waals surface area contributed by atoms with Crippen molar-refractivity contribution in [3.8, 4) is 23.0 Å². The fraction of sp³-hybridized carbons (Fsp3) is 0.475. The molecule has 1 aliphatic heterocycles. The highest BCUT2D eigenvalue weighted by molar-refractivity contribution is 6.06. The number of nitrogens with one attached hydrogen (secondary N) is 2. The minimum atomic E-state index is -0.792. The number of ether oxygens (including phenoxy) is 3. The summed E-state index contributed by atoms with van der Waals surface area (Å²) < 4.78 is 17.9. The van der Waals surface area contributed by atoms with Crippen LogP contribution in [0.25, 0.3) is 0 Å². The normalized spacial score (nSPS) is 13.9. The smallest absolute Gasteiger partial charge is 0.319 e. The van der Waals surface area contributed by atoms with Crippen molar-refractivity contribution in [1.29, 1.82) is 0 Å². The molecule has 1 aliphatic rings. The summed E-state index contributed by atoms with van der Waals surface area (Å²) in [6.45, 7) is 10.8. The van der Waals surface area contributed by atoms with Gasteiger partial charge in [0.25, 0.3) is 5.91 Å². The van der Waals surface area contributed by atoms with Gasteiger partial charge < -0.3 is 44.7 Å². The Balaban J connectivity index is 1.39. The number of carbonyl (C=O) groups is 3. The summed E-state index contributed by atoms with van der Waals surface area (Å²) >= 11 is 0. The Labute approximate surface area is 308 Å². The number of urea groups is 1. The van der Waals surface area contributed by atoms with Crippen molar-refractivity contribution in [3.63, 3.8) is 0 Å². The largest absolute Gasteiger partial charge is 0.493 e. The lowest BCUT2D eigenvalue weighted by atomic mass is 9.92. The minimum Gasteiger partial charge on any atom is -0.493 e. The van der Waals surface area contributed by atoms with Gasteiger partial charge in [-0.2, -0.15) is 0 Å². The van der Waals surface area contributed by atoms with Crippen molar-refractivity contribution >= 4 is 29.3 Å². The van der Waals surface area contributed by atoms with Crippen molar-refractivity contribution in [3.05, 3.63) is 72.3 Å². The van der Waals surface area contributed by atoms with Gasteiger partial charge in [0.15, 0.2) is 11.5 Å². The fourth-order valence-electron chi connectivity index (χ4n) is 5.98. The maximum Gasteiger partial charge on any atom is 0.319 e. The molecule has 0 saturated carbocycles. The van der Waals surface area contributed by atoms with Gasteiger partial charge >= 0.3 is 12.0 Å². The number of nitrogens with zero attached hydrogens (tertiary/aromatic N) is 3. The summed E-state index contributed by atoms with van der Waals surface area (Å²) in [6.07, 6.45) is 3.35. The Morgan fingerprint density at radius 2 is 1.54 bits per heavy atom. The molecule has 282 valence electrons. The molecule has 3 aromatic rings. The van der Waals surface area contributed by atoms with Crippen LogP contribution in [-0.4, -0.2) is 98.9 Å². The minimum absolute atomic E-state index is 0.0309. The molecule has 0 aromatic heterocycles. The molecule has 0 atom stereocenters. The van der Waals surface area contributed by atoms with E-state index in [0.717, 1.165) is 44.5 Å². The molecule has 12 nitrogen and oxygen atoms in total. The van der Waals surface area contributed by atoms with Gasteiger partial charge in [-0.15, -0.1) is 0 Å². The van der Waals surface area contributed by atoms with Crippen molar-refractivity contribution in [1.82, 2.24) is 15.1 Å². The van der Waals surface area contributed by atoms with Crippen LogP contribution in [0, 0.1) is 5.41 Å². The number of benzene rings is 3. The van der Waals surface area contributed by atoms with Crippen LogP contribution >= 0.6 is 0 Å². The lowest BCUT2D eigenvalue weighted by molar-refractivity contribution is -0.148. The summed E-state index contributed by atoms with van der Waals surface area (Å²) in [5.41, 5.74) is 1.06. The number of rotatable bonds is 17. The average Bonchev–Trinajstić information content (AvgIpc) is 3.12. The molecule has 0 bridgehead atoms. The predicted octanol–water partition coefficient (Wildman–Crippen LogP) is 6.96. The number of amides is 3. The highest BCUT2D eigenvalue weighted by atomic mass is 16.5. The molecule has 0 aliphatic carbocycles. The van der Waals surface area contributed by atoms with E-state index >= 15 is 0 Å².